The van der Waals surface area contributed by atoms with E-state index in [2.05, 4.69) is 115 Å². The van der Waals surface area contributed by atoms with Crippen LogP contribution < -0.4 is 42.0 Å². The topological polar surface area (TPSA) is 253 Å². The van der Waals surface area contributed by atoms with Gasteiger partial charge in [-0.15, -0.1) is 0 Å². The summed E-state index contributed by atoms with van der Waals surface area (Å²) in [6.07, 6.45) is 60.5. The standard InChI is InChI=1S/C26H58N2O4P2.C19H35N2O2P.C18H42N2O2P2.C13H29N2O3P/c1-5-7-9-11-13-15-17-19-21-23-25-31-33(3,29)27-28-34(4,30)32-26-24-22-20-18-16-14-12-10-8-6-2;1-4-5-6-7-8-9-10-11-16-23-24(3,22)21-20-17-19-14-12-18(2)13-15-19;1-5-7-9-11-13-15-17-23(3,21)19-20-24(4,22)18-16-14-12-10-8-6-2;1-4-5-6-7-8-9-10-11-12-18-19(3,17)15-14-13(2)16/h5-26H2,1-4H3,(H,27,29)(H,28,30);12-15,20H,4-11,16-17H2,1-3H3,(H,21,22);5-18H2,1-4H3,(H,19,21)(H,20,22);4-12H2,1-3H3,(H,14,16)(H,15,17). The van der Waals surface area contributed by atoms with E-state index >= 15 is 0 Å². The van der Waals surface area contributed by atoms with E-state index in [4.69, 9.17) is 18.1 Å². The zero-order chi connectivity index (χ0) is 75.9. The molecule has 0 saturated carbocycles. The maximum Gasteiger partial charge on any atom is 0.284 e. The van der Waals surface area contributed by atoms with Gasteiger partial charge in [0.25, 0.3) is 30.1 Å². The van der Waals surface area contributed by atoms with Gasteiger partial charge in [-0.2, -0.15) is 31.2 Å². The largest absolute Gasteiger partial charge is 0.317 e. The van der Waals surface area contributed by atoms with E-state index in [9.17, 15) is 32.2 Å². The van der Waals surface area contributed by atoms with Crippen LogP contribution in [0.2, 0.25) is 0 Å². The van der Waals surface area contributed by atoms with Crippen LogP contribution in [0.1, 0.15) is 368 Å². The monoisotopic (exact) mass is 1550 g/mol. The smallest absolute Gasteiger partial charge is 0.284 e. The van der Waals surface area contributed by atoms with Crippen molar-refractivity contribution in [3.05, 3.63) is 35.4 Å². The SMILES string of the molecule is CCCCCCCCCCCCOP(C)(=O)NNP(C)(=O)OCCCCCCCCCCCC.CCCCCCCCCCOP(C)(=O)NNC(C)=O.CCCCCCCCCCOP(C)(=O)NNCc1ccc(C)cc1.CCCCCCCCP(C)(=O)NNP(C)(=O)CCCCCCCC. The van der Waals surface area contributed by atoms with Crippen LogP contribution in [0.25, 0.3) is 0 Å². The Labute approximate surface area is 623 Å². The summed E-state index contributed by atoms with van der Waals surface area (Å²) >= 11 is 0. The summed E-state index contributed by atoms with van der Waals surface area (Å²) in [5.74, 6) is -0.280. The third-order valence-electron chi connectivity index (χ3n) is 17.3. The van der Waals surface area contributed by atoms with Crippen LogP contribution in [-0.4, -0.2) is 84.6 Å². The van der Waals surface area contributed by atoms with Crippen molar-refractivity contribution in [2.24, 2.45) is 0 Å². The second-order valence-corrected chi connectivity index (χ2v) is 43.3. The van der Waals surface area contributed by atoms with Gasteiger partial charge in [-0.25, -0.2) is 5.43 Å². The van der Waals surface area contributed by atoms with Crippen LogP contribution in [0.5, 0.6) is 0 Å². The number of nitrogens with one attached hydrogen (secondary N) is 8. The molecule has 0 aliphatic heterocycles. The molecule has 0 aromatic heterocycles. The van der Waals surface area contributed by atoms with Gasteiger partial charge < -0.3 is 27.2 Å². The molecule has 1 amide bonds. The lowest BCUT2D eigenvalue weighted by atomic mass is 10.1. The molecule has 25 heteroatoms. The van der Waals surface area contributed by atoms with E-state index in [1.165, 1.54) is 264 Å². The molecule has 0 saturated heterocycles. The number of amides is 1. The van der Waals surface area contributed by atoms with Crippen molar-refractivity contribution in [2.45, 2.75) is 370 Å². The molecule has 1 rings (SSSR count). The fraction of sp³-hybridized carbons (Fsp3) is 0.908. The minimum atomic E-state index is -3.05. The second kappa shape index (κ2) is 72.5. The molecule has 6 atom stereocenters. The molecule has 0 heterocycles. The quantitative estimate of drug-likeness (QED) is 0.0171. The van der Waals surface area contributed by atoms with Gasteiger partial charge in [-0.3, -0.25) is 28.5 Å². The molecule has 6 unspecified atom stereocenters. The zero-order valence-electron chi connectivity index (χ0n) is 67.9. The molecular formula is C76H164N8O11P6. The normalized spacial score (nSPS) is 15.0. The van der Waals surface area contributed by atoms with Crippen molar-refractivity contribution < 1.29 is 50.3 Å². The van der Waals surface area contributed by atoms with Crippen LogP contribution >= 0.6 is 44.7 Å². The number of aryl methyl sites for hydroxylation is 1. The predicted molar refractivity (Wildman–Crippen MR) is 441 cm³/mol. The number of hydrogen-bond donors (Lipinski definition) is 8. The molecule has 0 aliphatic rings. The first-order valence-corrected chi connectivity index (χ1v) is 53.8. The molecule has 1 aromatic carbocycles. The van der Waals surface area contributed by atoms with Gasteiger partial charge in [0.05, 0.1) is 26.4 Å². The number of hydrazine groups is 4. The van der Waals surface area contributed by atoms with Gasteiger partial charge in [0, 0.05) is 65.8 Å². The third kappa shape index (κ3) is 83.5. The van der Waals surface area contributed by atoms with Crippen LogP contribution in [-0.2, 0) is 56.8 Å². The van der Waals surface area contributed by atoms with Gasteiger partial charge in [0.2, 0.25) is 5.91 Å². The van der Waals surface area contributed by atoms with Crippen molar-refractivity contribution in [3.8, 4) is 0 Å². The Balaban J connectivity index is -0.00000130. The maximum atomic E-state index is 12.5. The van der Waals surface area contributed by atoms with Crippen LogP contribution in [0.15, 0.2) is 24.3 Å². The Morgan fingerprint density at radius 2 is 0.515 bits per heavy atom. The molecule has 1 aromatic rings. The highest BCUT2D eigenvalue weighted by atomic mass is 31.2. The molecule has 8 N–H and O–H groups in total. The van der Waals surface area contributed by atoms with Crippen LogP contribution in [0.3, 0.4) is 0 Å². The van der Waals surface area contributed by atoms with E-state index in [0.717, 1.165) is 82.6 Å². The Bertz CT molecular complexity index is 2220. The summed E-state index contributed by atoms with van der Waals surface area (Å²) < 4.78 is 95.9. The summed E-state index contributed by atoms with van der Waals surface area (Å²) in [7, 11) is -16.6. The van der Waals surface area contributed by atoms with Gasteiger partial charge >= 0.3 is 0 Å². The van der Waals surface area contributed by atoms with E-state index < -0.39 is 44.7 Å². The number of carbonyl (C=O) groups is 1. The lowest BCUT2D eigenvalue weighted by Gasteiger charge is -2.20. The Kier molecular flexibility index (Phi) is 75.2. The second-order valence-electron chi connectivity index (χ2n) is 28.9. The van der Waals surface area contributed by atoms with Crippen molar-refractivity contribution in [1.82, 2.24) is 42.0 Å². The Morgan fingerprint density at radius 1 is 0.297 bits per heavy atom. The zero-order valence-corrected chi connectivity index (χ0v) is 73.2. The molecule has 0 aliphatic carbocycles. The number of unbranched alkanes of at least 4 members (excludes halogenated alkanes) is 42. The van der Waals surface area contributed by atoms with Crippen molar-refractivity contribution in [2.75, 3.05) is 78.7 Å². The summed E-state index contributed by atoms with van der Waals surface area (Å²) in [6, 6.07) is 8.26. The van der Waals surface area contributed by atoms with Crippen molar-refractivity contribution in [1.29, 1.82) is 0 Å². The average molecular weight is 1550 g/mol. The van der Waals surface area contributed by atoms with Crippen LogP contribution in [0, 0.1) is 6.92 Å². The Hall–Kier alpha value is -0.370. The fourth-order valence-corrected chi connectivity index (χ4v) is 18.7. The first kappa shape index (κ1) is 105. The van der Waals surface area contributed by atoms with E-state index in [0.29, 0.717) is 45.3 Å². The lowest BCUT2D eigenvalue weighted by Crippen LogP contribution is -2.33. The highest BCUT2D eigenvalue weighted by molar-refractivity contribution is 7.64. The van der Waals surface area contributed by atoms with Gasteiger partial charge in [-0.05, 0) is 51.0 Å². The average Bonchev–Trinajstić information content (AvgIpc) is 1.01. The highest BCUT2D eigenvalue weighted by Crippen LogP contribution is 2.44. The van der Waals surface area contributed by atoms with E-state index in [1.54, 1.807) is 20.0 Å². The first-order valence-electron chi connectivity index (χ1n) is 40.9. The van der Waals surface area contributed by atoms with Crippen molar-refractivity contribution in [3.63, 3.8) is 0 Å². The lowest BCUT2D eigenvalue weighted by molar-refractivity contribution is -0.119. The fourth-order valence-electron chi connectivity index (χ4n) is 10.8. The summed E-state index contributed by atoms with van der Waals surface area (Å²) in [5.41, 5.74) is 7.68. The summed E-state index contributed by atoms with van der Waals surface area (Å²) in [6.45, 7) is 29.0. The molecule has 0 bridgehead atoms. The maximum absolute atomic E-state index is 12.5. The summed E-state index contributed by atoms with van der Waals surface area (Å²) in [5, 5.41) is 16.3. The minimum Gasteiger partial charge on any atom is -0.317 e. The molecule has 101 heavy (non-hydrogen) atoms. The number of carbonyl (C=O) groups excluding carboxylic acids is 1. The third-order valence-corrected chi connectivity index (χ3v) is 26.0. The van der Waals surface area contributed by atoms with Crippen LogP contribution in [0.4, 0.5) is 0 Å². The summed E-state index contributed by atoms with van der Waals surface area (Å²) in [4.78, 5) is 10.7. The van der Waals surface area contributed by atoms with Gasteiger partial charge in [0.15, 0.2) is 14.6 Å². The number of rotatable bonds is 70. The van der Waals surface area contributed by atoms with Gasteiger partial charge in [-0.1, -0.05) is 341 Å². The molecule has 0 spiro atoms. The Morgan fingerprint density at radius 3 is 0.762 bits per heavy atom. The van der Waals surface area contributed by atoms with E-state index in [-0.39, 0.29) is 5.91 Å². The minimum absolute atomic E-state index is 0.280. The number of benzene rings is 1. The van der Waals surface area contributed by atoms with E-state index in [1.807, 2.05) is 0 Å². The first-order chi connectivity index (χ1) is 48.2. The molecule has 604 valence electrons. The molecule has 19 nitrogen and oxygen atoms in total. The number of hydrogen-bond acceptors (Lipinski definition) is 12. The highest BCUT2D eigenvalue weighted by Gasteiger charge is 2.23. The molecule has 0 radical (unpaired) electrons. The molecule has 0 fully saturated rings. The van der Waals surface area contributed by atoms with Gasteiger partial charge in [0.1, 0.15) is 0 Å². The van der Waals surface area contributed by atoms with Crippen molar-refractivity contribution >= 4 is 50.6 Å². The predicted octanol–water partition coefficient (Wildman–Crippen LogP) is 25.4. The molecular weight excluding hydrogens is 1390 g/mol.